The molecule has 17 heteroatoms. The van der Waals surface area contributed by atoms with Crippen LogP contribution in [0.2, 0.25) is 0 Å². The normalized spacial score (nSPS) is 11.0. The van der Waals surface area contributed by atoms with Crippen molar-refractivity contribution in [1.29, 1.82) is 0 Å². The first-order valence-corrected chi connectivity index (χ1v) is 26.5. The average Bonchev–Trinajstić information content (AvgIpc) is 3.43. The summed E-state index contributed by atoms with van der Waals surface area (Å²) in [6, 6.07) is 46.7. The lowest BCUT2D eigenvalue weighted by atomic mass is 10.1. The van der Waals surface area contributed by atoms with Crippen LogP contribution in [0.25, 0.3) is 89.2 Å². The van der Waals surface area contributed by atoms with Gasteiger partial charge < -0.3 is 15.1 Å². The van der Waals surface area contributed by atoms with Gasteiger partial charge in [-0.3, -0.25) is 0 Å². The number of hydrogen-bond donors (Lipinski definition) is 2. The largest absolute Gasteiger partial charge is 0.390 e. The Morgan fingerprint density at radius 3 is 0.831 bits per heavy atom. The zero-order valence-corrected chi connectivity index (χ0v) is 42.9. The molecule has 0 fully saturated rings. The molecule has 8 aromatic heterocycles. The van der Waals surface area contributed by atoms with Gasteiger partial charge >= 0.3 is 0 Å². The molecule has 0 amide bonds. The molecule has 0 unspecified atom stereocenters. The number of aliphatic hydroxyl groups is 2. The Morgan fingerprint density at radius 1 is 0.380 bits per heavy atom. The van der Waals surface area contributed by atoms with Crippen molar-refractivity contribution in [2.45, 2.75) is 45.7 Å². The van der Waals surface area contributed by atoms with Gasteiger partial charge in [-0.25, -0.2) is 44.1 Å². The third-order valence-corrected chi connectivity index (χ3v) is 11.8. The number of alkyl halides is 2. The maximum atomic E-state index is 9.38. The highest BCUT2D eigenvalue weighted by Crippen LogP contribution is 2.30. The van der Waals surface area contributed by atoms with E-state index in [0.29, 0.717) is 34.5 Å². The second-order valence-corrected chi connectivity index (χ2v) is 18.7. The Bertz CT molecular complexity index is 3000. The molecule has 0 spiro atoms. The fourth-order valence-corrected chi connectivity index (χ4v) is 7.89. The molecule has 10 rings (SSSR count). The van der Waals surface area contributed by atoms with Gasteiger partial charge in [0.25, 0.3) is 0 Å². The molecule has 0 radical (unpaired) electrons. The summed E-state index contributed by atoms with van der Waals surface area (Å²) in [6.45, 7) is 9.89. The van der Waals surface area contributed by atoms with Gasteiger partial charge in [-0.1, -0.05) is 93.6 Å². The van der Waals surface area contributed by atoms with Crippen molar-refractivity contribution >= 4 is 97.4 Å². The zero-order valence-electron chi connectivity index (χ0n) is 39.1. The molecule has 2 aromatic carbocycles. The van der Waals surface area contributed by atoms with E-state index in [2.05, 4.69) is 79.1 Å². The molecule has 0 bridgehead atoms. The van der Waals surface area contributed by atoms with Crippen LogP contribution in [-0.4, -0.2) is 78.8 Å². The first-order valence-electron chi connectivity index (χ1n) is 22.6. The third kappa shape index (κ3) is 13.6. The highest BCUT2D eigenvalue weighted by molar-refractivity contribution is 8.26. The van der Waals surface area contributed by atoms with Gasteiger partial charge in [0.1, 0.15) is 0 Å². The van der Waals surface area contributed by atoms with E-state index in [0.717, 1.165) is 89.2 Å². The molecule has 2 N–H and O–H groups in total. The minimum absolute atomic E-state index is 0.116. The van der Waals surface area contributed by atoms with E-state index in [1.807, 2.05) is 121 Å². The van der Waals surface area contributed by atoms with E-state index in [4.69, 9.17) is 47.3 Å². The van der Waals surface area contributed by atoms with Crippen molar-refractivity contribution in [3.05, 3.63) is 168 Å². The van der Waals surface area contributed by atoms with E-state index in [1.54, 1.807) is 12.1 Å². The minimum Gasteiger partial charge on any atom is -0.390 e. The van der Waals surface area contributed by atoms with Crippen LogP contribution in [0.4, 0.5) is 0 Å². The van der Waals surface area contributed by atoms with Crippen molar-refractivity contribution < 1.29 is 14.4 Å². The maximum absolute atomic E-state index is 9.38. The summed E-state index contributed by atoms with van der Waals surface area (Å²) in [7, 11) is 7.36. The van der Waals surface area contributed by atoms with E-state index in [-0.39, 0.29) is 13.2 Å². The Morgan fingerprint density at radius 2 is 0.606 bits per heavy atom. The molecule has 71 heavy (non-hydrogen) atoms. The van der Waals surface area contributed by atoms with Crippen molar-refractivity contribution in [3.63, 3.8) is 0 Å². The second kappa shape index (κ2) is 25.8. The number of aliphatic hydroxyl groups excluding tert-OH is 2. The van der Waals surface area contributed by atoms with Crippen LogP contribution in [0.3, 0.4) is 0 Å². The molecule has 0 aliphatic carbocycles. The molecular weight excluding hydrogens is 997 g/mol. The molecule has 0 saturated heterocycles. The van der Waals surface area contributed by atoms with Gasteiger partial charge in [-0.05, 0) is 92.4 Å². The number of nitrogens with zero attached hydrogens (tertiary/aromatic N) is 9. The molecular formula is C54H49Cl4N9O3S. The lowest BCUT2D eigenvalue weighted by molar-refractivity contribution is 0.277. The van der Waals surface area contributed by atoms with Crippen LogP contribution < -0.4 is 0 Å². The van der Waals surface area contributed by atoms with Crippen LogP contribution >= 0.6 is 44.6 Å². The van der Waals surface area contributed by atoms with Gasteiger partial charge in [0, 0.05) is 42.9 Å². The van der Waals surface area contributed by atoms with E-state index >= 15 is 0 Å². The van der Waals surface area contributed by atoms with E-state index in [1.165, 1.54) is 19.6 Å². The molecule has 0 aliphatic heterocycles. The summed E-state index contributed by atoms with van der Waals surface area (Å²) in [5.41, 5.74) is 12.1. The third-order valence-electron chi connectivity index (χ3n) is 11.3. The highest BCUT2D eigenvalue weighted by Gasteiger charge is 2.13. The number of benzene rings is 2. The fourth-order valence-electron chi connectivity index (χ4n) is 7.59. The molecule has 0 saturated carbocycles. The molecule has 0 atom stereocenters. The number of rotatable bonds is 11. The van der Waals surface area contributed by atoms with Crippen LogP contribution in [0.15, 0.2) is 146 Å². The van der Waals surface area contributed by atoms with E-state index < -0.39 is 9.23 Å². The monoisotopic (exact) mass is 1040 g/mol. The van der Waals surface area contributed by atoms with Crippen molar-refractivity contribution in [1.82, 2.24) is 44.8 Å². The fraction of sp³-hybridized carbons (Fsp3) is 0.185. The van der Waals surface area contributed by atoms with Crippen LogP contribution in [0.5, 0.6) is 0 Å². The summed E-state index contributed by atoms with van der Waals surface area (Å²) in [5.74, 6) is 0.729. The Hall–Kier alpha value is -6.13. The summed E-state index contributed by atoms with van der Waals surface area (Å²) in [4.78, 5) is 40.0. The second-order valence-electron chi connectivity index (χ2n) is 15.6. The number of aromatic nitrogens is 8. The van der Waals surface area contributed by atoms with Gasteiger partial charge in [-0.15, -0.1) is 23.2 Å². The minimum atomic E-state index is -1.67. The van der Waals surface area contributed by atoms with Crippen LogP contribution in [0, 0.1) is 0 Å². The van der Waals surface area contributed by atoms with Gasteiger partial charge in [0.15, 0.2) is 0 Å². The number of halogens is 4. The summed E-state index contributed by atoms with van der Waals surface area (Å²) in [6.07, 6.45) is 0. The Kier molecular flexibility index (Phi) is 19.2. The van der Waals surface area contributed by atoms with E-state index in [9.17, 15) is 10.2 Å². The molecule has 362 valence electrons. The summed E-state index contributed by atoms with van der Waals surface area (Å²) >= 11 is 11.9. The lowest BCUT2D eigenvalue weighted by Gasteiger charge is -2.13. The standard InChI is InChI=1S/C24H16Cl2N4.C24H18N4O2.C6H15N.Cl2OS/c25-13-17-3-1-5-19(27-17)21-11-9-15-7-8-16-10-12-22(30-24(16)23(15)29-21)20-6-2-4-18(14-26)28-20;29-13-17-3-1-5-19(25-17)21-11-9-15-7-8-16-10-12-22(28-24(16)23(15)27-21)20-6-2-4-18(14-30)26-20;1-4-7(5-2)6-3;1-4(2)3/h1-12H,13-14H2;1-12,29-30H,13-14H2;4-6H2,1-3H3;. The van der Waals surface area contributed by atoms with Crippen molar-refractivity contribution in [2.24, 2.45) is 0 Å². The van der Waals surface area contributed by atoms with Gasteiger partial charge in [0.05, 0.1) is 115 Å². The molecule has 8 heterocycles. The van der Waals surface area contributed by atoms with Crippen molar-refractivity contribution in [2.75, 3.05) is 19.6 Å². The molecule has 10 aromatic rings. The number of pyridine rings is 8. The van der Waals surface area contributed by atoms with Crippen LogP contribution in [0.1, 0.15) is 43.5 Å². The predicted molar refractivity (Wildman–Crippen MR) is 291 cm³/mol. The first kappa shape index (κ1) is 52.7. The summed E-state index contributed by atoms with van der Waals surface area (Å²) < 4.78 is 9.09. The Labute approximate surface area is 433 Å². The maximum Gasteiger partial charge on any atom is 0.211 e. The lowest BCUT2D eigenvalue weighted by Crippen LogP contribution is -2.21. The van der Waals surface area contributed by atoms with Crippen LogP contribution in [-0.2, 0) is 34.2 Å². The quantitative estimate of drug-likeness (QED) is 0.0717. The average molecular weight is 1050 g/mol. The van der Waals surface area contributed by atoms with Crippen molar-refractivity contribution in [3.8, 4) is 45.6 Å². The smallest absolute Gasteiger partial charge is 0.211 e. The number of hydrogen-bond acceptors (Lipinski definition) is 12. The van der Waals surface area contributed by atoms with Gasteiger partial charge in [0.2, 0.25) is 9.23 Å². The molecule has 0 aliphatic rings. The topological polar surface area (TPSA) is 164 Å². The molecule has 12 nitrogen and oxygen atoms in total. The number of fused-ring (bicyclic) bond motifs is 6. The first-order chi connectivity index (χ1) is 34.6. The zero-order chi connectivity index (χ0) is 50.3. The SMILES string of the molecule is CCN(CC)CC.ClCc1cccc(-c2ccc3ccc4ccc(-c5cccc(CCl)n5)nc4c3n2)n1.O=S(Cl)Cl.OCc1cccc(-c2ccc3ccc4ccc(-c5cccc(CO)n5)nc4c3n2)n1. The predicted octanol–water partition coefficient (Wildman–Crippen LogP) is 12.7. The van der Waals surface area contributed by atoms with Gasteiger partial charge in [-0.2, -0.15) is 0 Å². The Balaban J connectivity index is 0.000000173. The highest BCUT2D eigenvalue weighted by atomic mass is 36.0. The summed E-state index contributed by atoms with van der Waals surface area (Å²) in [5, 5.41) is 22.8.